The molecule has 0 bridgehead atoms. The summed E-state index contributed by atoms with van der Waals surface area (Å²) >= 11 is 0. The lowest BCUT2D eigenvalue weighted by molar-refractivity contribution is -0.374. The van der Waals surface area contributed by atoms with Gasteiger partial charge in [-0.2, -0.15) is 0 Å². The first-order valence-electron chi connectivity index (χ1n) is 10.4. The van der Waals surface area contributed by atoms with Gasteiger partial charge in [-0.05, 0) is 86.0 Å². The normalized spacial score (nSPS) is 47.7. The van der Waals surface area contributed by atoms with E-state index in [1.807, 2.05) is 0 Å². The molecule has 0 spiro atoms. The van der Waals surface area contributed by atoms with E-state index in [-0.39, 0.29) is 11.5 Å². The van der Waals surface area contributed by atoms with Crippen LogP contribution in [-0.2, 0) is 4.84 Å². The lowest BCUT2D eigenvalue weighted by Gasteiger charge is -2.57. The minimum Gasteiger partial charge on any atom is -0.393 e. The number of nitrogens with zero attached hydrogens (tertiary/aromatic N) is 1. The van der Waals surface area contributed by atoms with Crippen LogP contribution in [0.5, 0.6) is 0 Å². The highest BCUT2D eigenvalue weighted by atomic mass is 16.6. The molecule has 4 nitrogen and oxygen atoms in total. The molecule has 6 atom stereocenters. The van der Waals surface area contributed by atoms with Gasteiger partial charge in [0.1, 0.15) is 6.54 Å². The number of rotatable bonds is 3. The number of fused-ring (bicyclic) bond motifs is 5. The Morgan fingerprint density at radius 2 is 2.00 bits per heavy atom. The molecule has 0 heterocycles. The van der Waals surface area contributed by atoms with E-state index in [2.05, 4.69) is 30.8 Å². The molecule has 0 aromatic carbocycles. The molecule has 140 valence electrons. The van der Waals surface area contributed by atoms with Crippen molar-refractivity contribution in [2.75, 3.05) is 13.2 Å². The lowest BCUT2D eigenvalue weighted by atomic mass is 9.47. The molecule has 4 heteroatoms. The fourth-order valence-corrected chi connectivity index (χ4v) is 6.81. The van der Waals surface area contributed by atoms with Gasteiger partial charge in [0.25, 0.3) is 0 Å². The molecular formula is C21H35N2O2+. The Hall–Kier alpha value is -0.870. The number of quaternary nitrogens is 1. The van der Waals surface area contributed by atoms with E-state index in [1.54, 1.807) is 5.57 Å². The number of hydrogen-bond donors (Lipinski definition) is 2. The zero-order valence-corrected chi connectivity index (χ0v) is 16.0. The van der Waals surface area contributed by atoms with Crippen LogP contribution in [0, 0.1) is 28.6 Å². The third-order valence-corrected chi connectivity index (χ3v) is 8.34. The molecule has 4 N–H and O–H groups in total. The summed E-state index contributed by atoms with van der Waals surface area (Å²) in [5, 5.41) is 14.9. The van der Waals surface area contributed by atoms with Gasteiger partial charge in [-0.25, -0.2) is 0 Å². The van der Waals surface area contributed by atoms with Crippen LogP contribution in [0.25, 0.3) is 0 Å². The Morgan fingerprint density at radius 3 is 2.80 bits per heavy atom. The Labute approximate surface area is 151 Å². The van der Waals surface area contributed by atoms with Crippen LogP contribution in [0.3, 0.4) is 0 Å². The van der Waals surface area contributed by atoms with Crippen molar-refractivity contribution in [1.82, 2.24) is 0 Å². The summed E-state index contributed by atoms with van der Waals surface area (Å²) in [5.74, 6) is 2.33. The molecule has 0 saturated heterocycles. The Balaban J connectivity index is 1.57. The van der Waals surface area contributed by atoms with E-state index in [9.17, 15) is 5.11 Å². The minimum absolute atomic E-state index is 0.0708. The van der Waals surface area contributed by atoms with Gasteiger partial charge >= 0.3 is 0 Å². The number of oxime groups is 1. The lowest BCUT2D eigenvalue weighted by Crippen LogP contribution is -2.52. The third-order valence-electron chi connectivity index (χ3n) is 8.34. The van der Waals surface area contributed by atoms with Crippen molar-refractivity contribution in [3.05, 3.63) is 11.6 Å². The van der Waals surface area contributed by atoms with E-state index in [0.29, 0.717) is 12.0 Å². The maximum absolute atomic E-state index is 10.6. The van der Waals surface area contributed by atoms with Crippen molar-refractivity contribution in [3.8, 4) is 0 Å². The number of allylic oxidation sites excluding steroid dienone is 2. The molecule has 4 aliphatic carbocycles. The first kappa shape index (κ1) is 17.5. The molecule has 0 aromatic heterocycles. The van der Waals surface area contributed by atoms with Crippen LogP contribution in [0.4, 0.5) is 0 Å². The molecule has 0 amide bonds. The van der Waals surface area contributed by atoms with Crippen LogP contribution < -0.4 is 5.73 Å². The second-order valence-corrected chi connectivity index (χ2v) is 9.41. The predicted octanol–water partition coefficient (Wildman–Crippen LogP) is 2.92. The summed E-state index contributed by atoms with van der Waals surface area (Å²) in [7, 11) is 0. The average Bonchev–Trinajstić information content (AvgIpc) is 2.90. The number of aliphatic hydroxyl groups is 1. The van der Waals surface area contributed by atoms with Crippen LogP contribution in [0.2, 0.25) is 0 Å². The molecule has 3 fully saturated rings. The molecular weight excluding hydrogens is 312 g/mol. The van der Waals surface area contributed by atoms with Crippen molar-refractivity contribution in [3.63, 3.8) is 0 Å². The van der Waals surface area contributed by atoms with Crippen LogP contribution in [0.1, 0.15) is 65.2 Å². The van der Waals surface area contributed by atoms with Crippen LogP contribution in [-0.4, -0.2) is 30.1 Å². The van der Waals surface area contributed by atoms with Gasteiger partial charge < -0.3 is 15.7 Å². The molecule has 4 rings (SSSR count). The zero-order valence-electron chi connectivity index (χ0n) is 16.0. The van der Waals surface area contributed by atoms with E-state index >= 15 is 0 Å². The second-order valence-electron chi connectivity index (χ2n) is 9.41. The van der Waals surface area contributed by atoms with Crippen molar-refractivity contribution < 1.29 is 15.7 Å². The van der Waals surface area contributed by atoms with Crippen molar-refractivity contribution in [1.29, 1.82) is 0 Å². The first-order chi connectivity index (χ1) is 12.0. The predicted molar refractivity (Wildman–Crippen MR) is 98.9 cm³/mol. The molecule has 3 saturated carbocycles. The van der Waals surface area contributed by atoms with Gasteiger partial charge in [-0.15, -0.1) is 0 Å². The number of aliphatic hydroxyl groups excluding tert-OH is 1. The summed E-state index contributed by atoms with van der Waals surface area (Å²) in [6.45, 7) is 6.25. The van der Waals surface area contributed by atoms with E-state index in [0.717, 1.165) is 42.9 Å². The fraction of sp³-hybridized carbons (Fsp3) is 0.857. The third kappa shape index (κ3) is 2.68. The highest BCUT2D eigenvalue weighted by Crippen LogP contribution is 2.65. The van der Waals surface area contributed by atoms with Gasteiger partial charge in [0.2, 0.25) is 0 Å². The summed E-state index contributed by atoms with van der Waals surface area (Å²) in [4.78, 5) is 5.38. The first-order valence-corrected chi connectivity index (χ1v) is 10.4. The highest BCUT2D eigenvalue weighted by molar-refractivity contribution is 5.96. The topological polar surface area (TPSA) is 69.5 Å². The summed E-state index contributed by atoms with van der Waals surface area (Å²) < 4.78 is 0. The van der Waals surface area contributed by atoms with Gasteiger partial charge in [0, 0.05) is 0 Å². The van der Waals surface area contributed by atoms with Gasteiger partial charge in [-0.1, -0.05) is 24.6 Å². The Morgan fingerprint density at radius 1 is 1.16 bits per heavy atom. The fourth-order valence-electron chi connectivity index (χ4n) is 6.81. The monoisotopic (exact) mass is 347 g/mol. The average molecular weight is 348 g/mol. The molecule has 3 unspecified atom stereocenters. The van der Waals surface area contributed by atoms with E-state index < -0.39 is 0 Å². The van der Waals surface area contributed by atoms with Crippen molar-refractivity contribution in [2.24, 2.45) is 33.7 Å². The Bertz CT molecular complexity index is 586. The van der Waals surface area contributed by atoms with E-state index in [4.69, 9.17) is 4.84 Å². The molecule has 0 aliphatic heterocycles. The standard InChI is InChI=1S/C21H34N2O2/c1-20-9-7-15(23-25-12-11-22)13-14(20)3-4-16-17-5-6-19(24)21(17,2)10-8-18(16)20/h13,16-19,24H,3-12,22H2,1-2H3/p+1/b23-15+/t16?,17?,18?,19-,20-,21-/m0/s1. The summed E-state index contributed by atoms with van der Waals surface area (Å²) in [5.41, 5.74) is 7.05. The zero-order chi connectivity index (χ0) is 17.7. The van der Waals surface area contributed by atoms with Gasteiger partial charge in [0.15, 0.2) is 6.61 Å². The molecule has 0 radical (unpaired) electrons. The molecule has 4 aliphatic rings. The van der Waals surface area contributed by atoms with Crippen molar-refractivity contribution in [2.45, 2.75) is 71.3 Å². The smallest absolute Gasteiger partial charge is 0.165 e. The Kier molecular flexibility index (Phi) is 4.48. The number of hydrogen-bond acceptors (Lipinski definition) is 3. The van der Waals surface area contributed by atoms with Crippen molar-refractivity contribution >= 4 is 5.71 Å². The maximum Gasteiger partial charge on any atom is 0.165 e. The maximum atomic E-state index is 10.6. The quantitative estimate of drug-likeness (QED) is 0.609. The molecule has 25 heavy (non-hydrogen) atoms. The van der Waals surface area contributed by atoms with E-state index in [1.165, 1.54) is 38.5 Å². The van der Waals surface area contributed by atoms with Crippen LogP contribution >= 0.6 is 0 Å². The molecule has 0 aromatic rings. The minimum atomic E-state index is -0.0708. The van der Waals surface area contributed by atoms with Gasteiger partial charge in [-0.3, -0.25) is 0 Å². The highest BCUT2D eigenvalue weighted by Gasteiger charge is 2.58. The summed E-state index contributed by atoms with van der Waals surface area (Å²) in [6, 6.07) is 0. The summed E-state index contributed by atoms with van der Waals surface area (Å²) in [6.07, 6.45) is 11.8. The van der Waals surface area contributed by atoms with Gasteiger partial charge in [0.05, 0.1) is 11.8 Å². The largest absolute Gasteiger partial charge is 0.393 e. The van der Waals surface area contributed by atoms with Crippen LogP contribution in [0.15, 0.2) is 16.8 Å². The second kappa shape index (κ2) is 6.38. The SMILES string of the molecule is C[C@]12CC/C(=N\OCC[NH3+])C=C1CCC1C2CC[C@@]2(C)C1CC[C@@H]2O.